The Bertz CT molecular complexity index is 568. The second-order valence-corrected chi connectivity index (χ2v) is 4.46. The highest BCUT2D eigenvalue weighted by Gasteiger charge is 2.08. The maximum Gasteiger partial charge on any atom is 0.219 e. The molecule has 0 saturated heterocycles. The Morgan fingerprint density at radius 3 is 2.79 bits per heavy atom. The zero-order chi connectivity index (χ0) is 13.8. The molecule has 0 unspecified atom stereocenters. The average Bonchev–Trinajstić information content (AvgIpc) is 2.41. The molecule has 0 radical (unpaired) electrons. The van der Waals surface area contributed by atoms with Crippen LogP contribution in [0.25, 0.3) is 0 Å². The SMILES string of the molecule is CCc1nc(C)ccc1Oc1cc([C@@H](C)O)ccn1. The van der Waals surface area contributed by atoms with Crippen LogP contribution in [0.4, 0.5) is 0 Å². The van der Waals surface area contributed by atoms with Crippen LogP contribution in [0.1, 0.15) is 36.9 Å². The maximum atomic E-state index is 9.56. The van der Waals surface area contributed by atoms with E-state index in [1.54, 1.807) is 25.3 Å². The molecule has 19 heavy (non-hydrogen) atoms. The molecule has 0 saturated carbocycles. The predicted octanol–water partition coefficient (Wildman–Crippen LogP) is 3.19. The number of ether oxygens (including phenoxy) is 1. The monoisotopic (exact) mass is 258 g/mol. The minimum absolute atomic E-state index is 0.471. The summed E-state index contributed by atoms with van der Waals surface area (Å²) in [6.07, 6.45) is 1.89. The number of pyridine rings is 2. The molecule has 0 fully saturated rings. The van der Waals surface area contributed by atoms with E-state index in [1.165, 1.54) is 0 Å². The topological polar surface area (TPSA) is 55.2 Å². The minimum Gasteiger partial charge on any atom is -0.437 e. The smallest absolute Gasteiger partial charge is 0.219 e. The van der Waals surface area contributed by atoms with Gasteiger partial charge in [0, 0.05) is 18.0 Å². The third-order valence-electron chi connectivity index (χ3n) is 2.86. The van der Waals surface area contributed by atoms with Crippen LogP contribution in [0.15, 0.2) is 30.5 Å². The largest absolute Gasteiger partial charge is 0.437 e. The Balaban J connectivity index is 2.28. The number of aliphatic hydroxyl groups excluding tert-OH is 1. The Morgan fingerprint density at radius 1 is 1.32 bits per heavy atom. The van der Waals surface area contributed by atoms with Gasteiger partial charge in [-0.15, -0.1) is 0 Å². The van der Waals surface area contributed by atoms with Crippen molar-refractivity contribution in [3.8, 4) is 11.6 Å². The average molecular weight is 258 g/mol. The van der Waals surface area contributed by atoms with Crippen molar-refractivity contribution >= 4 is 0 Å². The van der Waals surface area contributed by atoms with Crippen LogP contribution in [0.3, 0.4) is 0 Å². The first kappa shape index (κ1) is 13.5. The molecule has 0 aliphatic carbocycles. The van der Waals surface area contributed by atoms with Crippen molar-refractivity contribution in [3.63, 3.8) is 0 Å². The van der Waals surface area contributed by atoms with Gasteiger partial charge in [0.15, 0.2) is 5.75 Å². The summed E-state index contributed by atoms with van der Waals surface area (Å²) in [6, 6.07) is 7.32. The lowest BCUT2D eigenvalue weighted by molar-refractivity contribution is 0.198. The lowest BCUT2D eigenvalue weighted by Crippen LogP contribution is -1.98. The van der Waals surface area contributed by atoms with Crippen molar-refractivity contribution in [2.75, 3.05) is 0 Å². The number of nitrogens with zero attached hydrogens (tertiary/aromatic N) is 2. The first-order chi connectivity index (χ1) is 9.10. The van der Waals surface area contributed by atoms with Crippen molar-refractivity contribution in [2.45, 2.75) is 33.3 Å². The molecule has 100 valence electrons. The molecular weight excluding hydrogens is 240 g/mol. The summed E-state index contributed by atoms with van der Waals surface area (Å²) in [4.78, 5) is 8.60. The highest BCUT2D eigenvalue weighted by Crippen LogP contribution is 2.25. The molecule has 2 rings (SSSR count). The molecule has 0 amide bonds. The van der Waals surface area contributed by atoms with Gasteiger partial charge in [-0.2, -0.15) is 0 Å². The van der Waals surface area contributed by atoms with Crippen LogP contribution in [-0.4, -0.2) is 15.1 Å². The lowest BCUT2D eigenvalue weighted by atomic mass is 10.2. The van der Waals surface area contributed by atoms with Crippen LogP contribution >= 0.6 is 0 Å². The molecule has 0 spiro atoms. The van der Waals surface area contributed by atoms with Crippen molar-refractivity contribution in [1.82, 2.24) is 9.97 Å². The quantitative estimate of drug-likeness (QED) is 0.915. The number of aliphatic hydroxyl groups is 1. The molecule has 4 heteroatoms. The minimum atomic E-state index is -0.535. The normalized spacial score (nSPS) is 12.2. The summed E-state index contributed by atoms with van der Waals surface area (Å²) in [6.45, 7) is 5.70. The molecule has 0 aliphatic heterocycles. The van der Waals surface area contributed by atoms with Crippen molar-refractivity contribution in [1.29, 1.82) is 0 Å². The van der Waals surface area contributed by atoms with Crippen molar-refractivity contribution < 1.29 is 9.84 Å². The van der Waals surface area contributed by atoms with Crippen LogP contribution in [0.2, 0.25) is 0 Å². The fraction of sp³-hybridized carbons (Fsp3) is 0.333. The van der Waals surface area contributed by atoms with Gasteiger partial charge in [0.25, 0.3) is 0 Å². The second kappa shape index (κ2) is 5.80. The zero-order valence-electron chi connectivity index (χ0n) is 11.4. The molecule has 1 N–H and O–H groups in total. The van der Waals surface area contributed by atoms with Gasteiger partial charge in [-0.3, -0.25) is 4.98 Å². The Morgan fingerprint density at radius 2 is 2.11 bits per heavy atom. The van der Waals surface area contributed by atoms with E-state index in [0.29, 0.717) is 11.6 Å². The van der Waals surface area contributed by atoms with Crippen LogP contribution < -0.4 is 4.74 Å². The van der Waals surface area contributed by atoms with E-state index in [0.717, 1.165) is 23.4 Å². The van der Waals surface area contributed by atoms with E-state index < -0.39 is 6.10 Å². The molecule has 4 nitrogen and oxygen atoms in total. The zero-order valence-corrected chi connectivity index (χ0v) is 11.4. The Hall–Kier alpha value is -1.94. The van der Waals surface area contributed by atoms with Gasteiger partial charge in [-0.05, 0) is 44.0 Å². The van der Waals surface area contributed by atoms with Gasteiger partial charge < -0.3 is 9.84 Å². The van der Waals surface area contributed by atoms with E-state index in [1.807, 2.05) is 26.0 Å². The number of hydrogen-bond donors (Lipinski definition) is 1. The van der Waals surface area contributed by atoms with Gasteiger partial charge >= 0.3 is 0 Å². The van der Waals surface area contributed by atoms with E-state index in [-0.39, 0.29) is 0 Å². The summed E-state index contributed by atoms with van der Waals surface area (Å²) in [5.41, 5.74) is 2.65. The number of hydrogen-bond acceptors (Lipinski definition) is 4. The van der Waals surface area contributed by atoms with Crippen LogP contribution in [0, 0.1) is 6.92 Å². The van der Waals surface area contributed by atoms with Crippen LogP contribution in [-0.2, 0) is 6.42 Å². The number of aromatic nitrogens is 2. The van der Waals surface area contributed by atoms with Gasteiger partial charge in [0.1, 0.15) is 0 Å². The summed E-state index contributed by atoms with van der Waals surface area (Å²) < 4.78 is 5.76. The van der Waals surface area contributed by atoms with Crippen molar-refractivity contribution in [3.05, 3.63) is 47.4 Å². The lowest BCUT2D eigenvalue weighted by Gasteiger charge is -2.11. The van der Waals surface area contributed by atoms with E-state index in [9.17, 15) is 5.11 Å². The van der Waals surface area contributed by atoms with Gasteiger partial charge in [-0.25, -0.2) is 4.98 Å². The van der Waals surface area contributed by atoms with Gasteiger partial charge in [-0.1, -0.05) is 6.92 Å². The molecule has 1 atom stereocenters. The predicted molar refractivity (Wildman–Crippen MR) is 73.3 cm³/mol. The second-order valence-electron chi connectivity index (χ2n) is 4.46. The summed E-state index contributed by atoms with van der Waals surface area (Å²) in [7, 11) is 0. The number of aryl methyl sites for hydroxylation is 2. The van der Waals surface area contributed by atoms with E-state index >= 15 is 0 Å². The summed E-state index contributed by atoms with van der Waals surface area (Å²) in [5, 5.41) is 9.56. The van der Waals surface area contributed by atoms with Crippen LogP contribution in [0.5, 0.6) is 11.6 Å². The fourth-order valence-electron chi connectivity index (χ4n) is 1.80. The highest BCUT2D eigenvalue weighted by molar-refractivity contribution is 5.34. The maximum absolute atomic E-state index is 9.56. The first-order valence-corrected chi connectivity index (χ1v) is 6.38. The Kier molecular flexibility index (Phi) is 4.12. The third kappa shape index (κ3) is 3.29. The fourth-order valence-corrected chi connectivity index (χ4v) is 1.80. The standard InChI is InChI=1S/C15H18N2O2/c1-4-13-14(6-5-10(2)17-13)19-15-9-12(11(3)18)7-8-16-15/h5-9,11,18H,4H2,1-3H3/t11-/m1/s1. The molecule has 0 bridgehead atoms. The van der Waals surface area contributed by atoms with E-state index in [4.69, 9.17) is 4.74 Å². The van der Waals surface area contributed by atoms with Gasteiger partial charge in [0.05, 0.1) is 11.8 Å². The van der Waals surface area contributed by atoms with Gasteiger partial charge in [0.2, 0.25) is 5.88 Å². The molecule has 0 aromatic carbocycles. The number of rotatable bonds is 4. The van der Waals surface area contributed by atoms with Crippen molar-refractivity contribution in [2.24, 2.45) is 0 Å². The molecular formula is C15H18N2O2. The molecule has 2 aromatic rings. The first-order valence-electron chi connectivity index (χ1n) is 6.38. The molecule has 2 heterocycles. The molecule has 0 aliphatic rings. The summed E-state index contributed by atoms with van der Waals surface area (Å²) in [5.74, 6) is 1.18. The third-order valence-corrected chi connectivity index (χ3v) is 2.86. The van der Waals surface area contributed by atoms with E-state index in [2.05, 4.69) is 9.97 Å². The highest BCUT2D eigenvalue weighted by atomic mass is 16.5. The molecule has 2 aromatic heterocycles. The summed E-state index contributed by atoms with van der Waals surface area (Å²) >= 11 is 0. The Labute approximate surface area is 113 Å².